The molecule has 2 N–H and O–H groups in total. The topological polar surface area (TPSA) is 35.2 Å². The van der Waals surface area contributed by atoms with Gasteiger partial charge in [-0.15, -0.1) is 0 Å². The van der Waals surface area contributed by atoms with Crippen molar-refractivity contribution >= 4 is 5.69 Å². The lowest BCUT2D eigenvalue weighted by Crippen LogP contribution is -1.98. The van der Waals surface area contributed by atoms with Crippen LogP contribution in [0.15, 0.2) is 24.3 Å². The number of benzene rings is 1. The molecule has 3 heteroatoms. The third-order valence-corrected chi connectivity index (χ3v) is 1.40. The highest BCUT2D eigenvalue weighted by Gasteiger charge is 1.92. The summed E-state index contributed by atoms with van der Waals surface area (Å²) in [5.74, 6) is 0.698. The molecule has 0 bridgehead atoms. The van der Waals surface area contributed by atoms with Crippen molar-refractivity contribution < 1.29 is 9.13 Å². The second kappa shape index (κ2) is 4.59. The summed E-state index contributed by atoms with van der Waals surface area (Å²) in [6, 6.07) is 7.11. The Labute approximate surface area is 71.1 Å². The summed E-state index contributed by atoms with van der Waals surface area (Å²) in [6.07, 6.45) is 0.425. The SMILES string of the molecule is Nc1cccc(OCCCF)c1. The number of hydrogen-bond donors (Lipinski definition) is 1. The van der Waals surface area contributed by atoms with Gasteiger partial charge in [0.15, 0.2) is 0 Å². The van der Waals surface area contributed by atoms with Crippen LogP contribution < -0.4 is 10.5 Å². The molecule has 0 saturated heterocycles. The second-order valence-electron chi connectivity index (χ2n) is 2.46. The van der Waals surface area contributed by atoms with Crippen molar-refractivity contribution in [1.29, 1.82) is 0 Å². The van der Waals surface area contributed by atoms with Crippen LogP contribution in [0.5, 0.6) is 5.75 Å². The lowest BCUT2D eigenvalue weighted by Gasteiger charge is -2.04. The molecule has 0 unspecified atom stereocenters. The first kappa shape index (κ1) is 8.84. The summed E-state index contributed by atoms with van der Waals surface area (Å²) in [7, 11) is 0. The summed E-state index contributed by atoms with van der Waals surface area (Å²) in [4.78, 5) is 0. The van der Waals surface area contributed by atoms with E-state index in [1.54, 1.807) is 24.3 Å². The van der Waals surface area contributed by atoms with Crippen LogP contribution in [0.3, 0.4) is 0 Å². The van der Waals surface area contributed by atoms with Crippen molar-refractivity contribution in [2.45, 2.75) is 6.42 Å². The Kier molecular flexibility index (Phi) is 3.38. The molecule has 0 saturated carbocycles. The quantitative estimate of drug-likeness (QED) is 0.552. The fraction of sp³-hybridized carbons (Fsp3) is 0.333. The molecule has 0 fully saturated rings. The molecule has 0 spiro atoms. The zero-order chi connectivity index (χ0) is 8.81. The Morgan fingerprint density at radius 2 is 2.25 bits per heavy atom. The molecule has 0 heterocycles. The van der Waals surface area contributed by atoms with Gasteiger partial charge in [0.05, 0.1) is 13.3 Å². The molecule has 0 atom stereocenters. The highest BCUT2D eigenvalue weighted by atomic mass is 19.1. The molecule has 0 aromatic heterocycles. The van der Waals surface area contributed by atoms with E-state index in [0.29, 0.717) is 24.5 Å². The number of rotatable bonds is 4. The van der Waals surface area contributed by atoms with Crippen molar-refractivity contribution in [1.82, 2.24) is 0 Å². The van der Waals surface area contributed by atoms with E-state index in [9.17, 15) is 4.39 Å². The van der Waals surface area contributed by atoms with Gasteiger partial charge < -0.3 is 10.5 Å². The predicted octanol–water partition coefficient (Wildman–Crippen LogP) is 2.01. The molecular weight excluding hydrogens is 157 g/mol. The first-order valence-corrected chi connectivity index (χ1v) is 3.87. The molecule has 0 aliphatic carbocycles. The minimum Gasteiger partial charge on any atom is -0.493 e. The molecule has 66 valence electrons. The summed E-state index contributed by atoms with van der Waals surface area (Å²) in [6.45, 7) is 0.0578. The second-order valence-corrected chi connectivity index (χ2v) is 2.46. The Morgan fingerprint density at radius 1 is 1.42 bits per heavy atom. The number of alkyl halides is 1. The lowest BCUT2D eigenvalue weighted by atomic mass is 10.3. The third kappa shape index (κ3) is 2.78. The van der Waals surface area contributed by atoms with Crippen LogP contribution in [0.2, 0.25) is 0 Å². The Morgan fingerprint density at radius 3 is 2.92 bits per heavy atom. The van der Waals surface area contributed by atoms with Crippen LogP contribution in [0.25, 0.3) is 0 Å². The Hall–Kier alpha value is -1.25. The molecule has 0 amide bonds. The van der Waals surface area contributed by atoms with Gasteiger partial charge in [-0.25, -0.2) is 0 Å². The first-order chi connectivity index (χ1) is 5.83. The largest absolute Gasteiger partial charge is 0.493 e. The lowest BCUT2D eigenvalue weighted by molar-refractivity contribution is 0.290. The fourth-order valence-corrected chi connectivity index (χ4v) is 0.849. The summed E-state index contributed by atoms with van der Waals surface area (Å²) < 4.78 is 16.9. The number of hydrogen-bond acceptors (Lipinski definition) is 2. The molecule has 2 nitrogen and oxygen atoms in total. The number of ether oxygens (including phenoxy) is 1. The maximum absolute atomic E-state index is 11.7. The highest BCUT2D eigenvalue weighted by molar-refractivity contribution is 5.43. The third-order valence-electron chi connectivity index (χ3n) is 1.40. The minimum atomic E-state index is -0.345. The van der Waals surface area contributed by atoms with Gasteiger partial charge in [0.25, 0.3) is 0 Å². The van der Waals surface area contributed by atoms with Gasteiger partial charge in [-0.05, 0) is 12.1 Å². The molecule has 12 heavy (non-hydrogen) atoms. The Bertz CT molecular complexity index is 240. The number of nitrogens with two attached hydrogens (primary N) is 1. The van der Waals surface area contributed by atoms with Gasteiger partial charge in [-0.3, -0.25) is 4.39 Å². The van der Waals surface area contributed by atoms with Gasteiger partial charge in [0.1, 0.15) is 5.75 Å². The van der Waals surface area contributed by atoms with E-state index in [0.717, 1.165) is 0 Å². The van der Waals surface area contributed by atoms with Crippen molar-refractivity contribution in [3.63, 3.8) is 0 Å². The van der Waals surface area contributed by atoms with Gasteiger partial charge in [-0.1, -0.05) is 6.07 Å². The molecule has 0 aliphatic heterocycles. The zero-order valence-corrected chi connectivity index (χ0v) is 6.79. The summed E-state index contributed by atoms with van der Waals surface area (Å²) in [5, 5.41) is 0. The molecule has 0 aliphatic rings. The van der Waals surface area contributed by atoms with E-state index in [-0.39, 0.29) is 6.67 Å². The predicted molar refractivity (Wildman–Crippen MR) is 46.9 cm³/mol. The number of anilines is 1. The van der Waals surface area contributed by atoms with Crippen molar-refractivity contribution in [2.75, 3.05) is 19.0 Å². The summed E-state index contributed by atoms with van der Waals surface area (Å²) >= 11 is 0. The molecular formula is C9H12FNO. The van der Waals surface area contributed by atoms with E-state index in [2.05, 4.69) is 0 Å². The van der Waals surface area contributed by atoms with E-state index < -0.39 is 0 Å². The fourth-order valence-electron chi connectivity index (χ4n) is 0.849. The standard InChI is InChI=1S/C9H12FNO/c10-5-2-6-12-9-4-1-3-8(11)7-9/h1,3-4,7H,2,5-6,11H2. The normalized spacial score (nSPS) is 9.75. The van der Waals surface area contributed by atoms with Crippen molar-refractivity contribution in [3.8, 4) is 5.75 Å². The van der Waals surface area contributed by atoms with Crippen LogP contribution in [0.1, 0.15) is 6.42 Å². The minimum absolute atomic E-state index is 0.345. The van der Waals surface area contributed by atoms with Gasteiger partial charge in [0.2, 0.25) is 0 Å². The Balaban J connectivity index is 2.41. The maximum atomic E-state index is 11.7. The van der Waals surface area contributed by atoms with Gasteiger partial charge >= 0.3 is 0 Å². The van der Waals surface area contributed by atoms with Crippen LogP contribution in [-0.4, -0.2) is 13.3 Å². The van der Waals surface area contributed by atoms with Crippen LogP contribution in [-0.2, 0) is 0 Å². The summed E-state index contributed by atoms with van der Waals surface area (Å²) in [5.41, 5.74) is 6.17. The van der Waals surface area contributed by atoms with Crippen LogP contribution in [0, 0.1) is 0 Å². The van der Waals surface area contributed by atoms with Crippen molar-refractivity contribution in [2.24, 2.45) is 0 Å². The van der Waals surface area contributed by atoms with E-state index >= 15 is 0 Å². The van der Waals surface area contributed by atoms with E-state index in [1.807, 2.05) is 0 Å². The van der Waals surface area contributed by atoms with Gasteiger partial charge in [-0.2, -0.15) is 0 Å². The molecule has 1 rings (SSSR count). The van der Waals surface area contributed by atoms with E-state index in [1.165, 1.54) is 0 Å². The average Bonchev–Trinajstić information content (AvgIpc) is 2.05. The number of halogens is 1. The van der Waals surface area contributed by atoms with Crippen LogP contribution in [0.4, 0.5) is 10.1 Å². The molecule has 1 aromatic rings. The van der Waals surface area contributed by atoms with E-state index in [4.69, 9.17) is 10.5 Å². The monoisotopic (exact) mass is 169 g/mol. The average molecular weight is 169 g/mol. The number of nitrogen functional groups attached to an aromatic ring is 1. The van der Waals surface area contributed by atoms with Crippen LogP contribution >= 0.6 is 0 Å². The van der Waals surface area contributed by atoms with Gasteiger partial charge in [0, 0.05) is 18.2 Å². The molecule has 1 aromatic carbocycles. The smallest absolute Gasteiger partial charge is 0.121 e. The zero-order valence-electron chi connectivity index (χ0n) is 6.79. The molecule has 0 radical (unpaired) electrons. The van der Waals surface area contributed by atoms with Crippen molar-refractivity contribution in [3.05, 3.63) is 24.3 Å². The highest BCUT2D eigenvalue weighted by Crippen LogP contribution is 2.14. The maximum Gasteiger partial charge on any atom is 0.121 e. The first-order valence-electron chi connectivity index (χ1n) is 3.87.